The Morgan fingerprint density at radius 3 is 1.80 bits per heavy atom. The van der Waals surface area contributed by atoms with Gasteiger partial charge in [0, 0.05) is 48.0 Å². The largest absolute Gasteiger partial charge is 0.481 e. The molecule has 0 aliphatic carbocycles. The van der Waals surface area contributed by atoms with Crippen LogP contribution in [0.2, 0.25) is 0 Å². The number of benzene rings is 7. The summed E-state index contributed by atoms with van der Waals surface area (Å²) >= 11 is 1.77. The zero-order valence-corrected chi connectivity index (χ0v) is 30.8. The molecule has 2 unspecified atom stereocenters. The van der Waals surface area contributed by atoms with Gasteiger partial charge in [-0.05, 0) is 53.1 Å². The Kier molecular flexibility index (Phi) is 7.70. The predicted molar refractivity (Wildman–Crippen MR) is 228 cm³/mol. The normalized spacial score (nSPS) is 15.9. The molecule has 264 valence electrons. The van der Waals surface area contributed by atoms with Crippen molar-refractivity contribution in [1.29, 1.82) is 0 Å². The second kappa shape index (κ2) is 13.3. The van der Waals surface area contributed by atoms with Gasteiger partial charge < -0.3 is 4.74 Å². The predicted octanol–water partition coefficient (Wildman–Crippen LogP) is 11.7. The van der Waals surface area contributed by atoms with E-state index in [0.717, 1.165) is 66.1 Å². The van der Waals surface area contributed by atoms with Crippen LogP contribution < -0.4 is 4.74 Å². The number of thiophene rings is 1. The average molecular weight is 738 g/mol. The Hall–Kier alpha value is -7.09. The molecular formula is C49H31N5OS. The maximum atomic E-state index is 6.46. The average Bonchev–Trinajstić information content (AvgIpc) is 3.84. The number of rotatable bonds is 6. The van der Waals surface area contributed by atoms with Crippen LogP contribution in [0.4, 0.5) is 0 Å². The molecule has 56 heavy (non-hydrogen) atoms. The van der Waals surface area contributed by atoms with Gasteiger partial charge in [-0.1, -0.05) is 140 Å². The molecule has 0 N–H and O–H groups in total. The van der Waals surface area contributed by atoms with E-state index in [1.165, 1.54) is 10.1 Å². The van der Waals surface area contributed by atoms with Crippen LogP contribution in [0.15, 0.2) is 186 Å². The highest BCUT2D eigenvalue weighted by Crippen LogP contribution is 2.43. The summed E-state index contributed by atoms with van der Waals surface area (Å²) in [4.78, 5) is 25.5. The fourth-order valence-corrected chi connectivity index (χ4v) is 8.85. The van der Waals surface area contributed by atoms with Crippen LogP contribution in [0.5, 0.6) is 5.75 Å². The molecule has 11 rings (SSSR count). The van der Waals surface area contributed by atoms with E-state index in [9.17, 15) is 0 Å². The summed E-state index contributed by atoms with van der Waals surface area (Å²) in [5.74, 6) is 3.48. The number of aromatic nitrogens is 3. The second-order valence-corrected chi connectivity index (χ2v) is 15.1. The zero-order chi connectivity index (χ0) is 37.0. The van der Waals surface area contributed by atoms with Crippen molar-refractivity contribution in [3.8, 4) is 51.0 Å². The van der Waals surface area contributed by atoms with Gasteiger partial charge in [-0.2, -0.15) is 0 Å². The van der Waals surface area contributed by atoms with Gasteiger partial charge in [0.1, 0.15) is 11.8 Å². The highest BCUT2D eigenvalue weighted by atomic mass is 32.1. The van der Waals surface area contributed by atoms with Gasteiger partial charge in [-0.3, -0.25) is 4.99 Å². The number of hydrogen-bond donors (Lipinski definition) is 0. The van der Waals surface area contributed by atoms with Crippen molar-refractivity contribution in [3.05, 3.63) is 193 Å². The molecule has 4 heterocycles. The Morgan fingerprint density at radius 1 is 0.429 bits per heavy atom. The fraction of sp³-hybridized carbons (Fsp3) is 0.0408. The van der Waals surface area contributed by atoms with Gasteiger partial charge in [-0.25, -0.2) is 19.9 Å². The number of nitrogens with zero attached hydrogens (tertiary/aromatic N) is 5. The minimum Gasteiger partial charge on any atom is -0.481 e. The Morgan fingerprint density at radius 2 is 1.04 bits per heavy atom. The molecule has 0 radical (unpaired) electrons. The first kappa shape index (κ1) is 32.3. The molecule has 6 nitrogen and oxygen atoms in total. The minimum absolute atomic E-state index is 0.165. The molecule has 2 aliphatic rings. The molecule has 2 aromatic heterocycles. The topological polar surface area (TPSA) is 72.6 Å². The van der Waals surface area contributed by atoms with Gasteiger partial charge in [0.2, 0.25) is 0 Å². The van der Waals surface area contributed by atoms with E-state index in [0.29, 0.717) is 23.3 Å². The molecule has 9 aromatic rings. The Bertz CT molecular complexity index is 3010. The van der Waals surface area contributed by atoms with Gasteiger partial charge >= 0.3 is 0 Å². The summed E-state index contributed by atoms with van der Waals surface area (Å²) in [5, 5.41) is 2.32. The molecule has 0 fully saturated rings. The van der Waals surface area contributed by atoms with Crippen LogP contribution in [0, 0.1) is 0 Å². The van der Waals surface area contributed by atoms with E-state index in [4.69, 9.17) is 29.7 Å². The van der Waals surface area contributed by atoms with E-state index in [1.807, 2.05) is 66.7 Å². The van der Waals surface area contributed by atoms with Gasteiger partial charge in [-0.15, -0.1) is 11.3 Å². The monoisotopic (exact) mass is 737 g/mol. The second-order valence-electron chi connectivity index (χ2n) is 14.0. The maximum absolute atomic E-state index is 6.46. The van der Waals surface area contributed by atoms with E-state index >= 15 is 0 Å². The van der Waals surface area contributed by atoms with Gasteiger partial charge in [0.05, 0.1) is 5.71 Å². The molecule has 0 saturated heterocycles. The molecule has 2 aliphatic heterocycles. The van der Waals surface area contributed by atoms with Crippen molar-refractivity contribution in [2.75, 3.05) is 0 Å². The summed E-state index contributed by atoms with van der Waals surface area (Å²) in [7, 11) is 0. The van der Waals surface area contributed by atoms with E-state index in [2.05, 4.69) is 109 Å². The van der Waals surface area contributed by atoms with Crippen LogP contribution in [0.25, 0.3) is 65.5 Å². The fourth-order valence-electron chi connectivity index (χ4n) is 7.73. The highest BCUT2D eigenvalue weighted by Gasteiger charge is 2.41. The smallest absolute Gasteiger partial charge is 0.168 e. The SMILES string of the molecule is c1ccc(C2=NC(c3ccc4c(c3)sc3ccc(-c5nc(-c6ccccc6)nc(-c6cccc(-c7ccccc7)c6)n5)cc34)=NC3c4ccccc4OC23)cc1. The number of hydrogen-bond acceptors (Lipinski definition) is 7. The van der Waals surface area contributed by atoms with Crippen molar-refractivity contribution in [1.82, 2.24) is 15.0 Å². The quantitative estimate of drug-likeness (QED) is 0.170. The van der Waals surface area contributed by atoms with E-state index in [-0.39, 0.29) is 12.1 Å². The molecule has 7 heteroatoms. The third-order valence-electron chi connectivity index (χ3n) is 10.5. The first-order valence-electron chi connectivity index (χ1n) is 18.6. The minimum atomic E-state index is -0.267. The Labute approximate surface area is 327 Å². The number of ether oxygens (including phenoxy) is 1. The molecule has 0 bridgehead atoms. The molecule has 0 saturated carbocycles. The van der Waals surface area contributed by atoms with Crippen LogP contribution in [0.1, 0.15) is 22.7 Å². The molecule has 0 amide bonds. The van der Waals surface area contributed by atoms with Crippen molar-refractivity contribution in [3.63, 3.8) is 0 Å². The lowest BCUT2D eigenvalue weighted by Gasteiger charge is -2.24. The van der Waals surface area contributed by atoms with Crippen molar-refractivity contribution < 1.29 is 4.74 Å². The molecule has 2 atom stereocenters. The Balaban J connectivity index is 1.00. The van der Waals surface area contributed by atoms with E-state index in [1.54, 1.807) is 11.3 Å². The summed E-state index contributed by atoms with van der Waals surface area (Å²) in [6, 6.07) is 60.3. The maximum Gasteiger partial charge on any atom is 0.168 e. The third-order valence-corrected chi connectivity index (χ3v) is 11.6. The summed E-state index contributed by atoms with van der Waals surface area (Å²) in [6.45, 7) is 0. The first-order chi connectivity index (χ1) is 27.7. The lowest BCUT2D eigenvalue weighted by atomic mass is 9.94. The lowest BCUT2D eigenvalue weighted by molar-refractivity contribution is 0.275. The third kappa shape index (κ3) is 5.68. The lowest BCUT2D eigenvalue weighted by Crippen LogP contribution is -2.33. The molecular weight excluding hydrogens is 707 g/mol. The van der Waals surface area contributed by atoms with Crippen molar-refractivity contribution in [2.45, 2.75) is 12.1 Å². The van der Waals surface area contributed by atoms with Crippen molar-refractivity contribution >= 4 is 43.1 Å². The summed E-state index contributed by atoms with van der Waals surface area (Å²) < 4.78 is 8.81. The highest BCUT2D eigenvalue weighted by molar-refractivity contribution is 7.25. The number of para-hydroxylation sites is 1. The summed E-state index contributed by atoms with van der Waals surface area (Å²) in [6.07, 6.45) is -0.267. The van der Waals surface area contributed by atoms with Crippen LogP contribution >= 0.6 is 11.3 Å². The zero-order valence-electron chi connectivity index (χ0n) is 30.0. The summed E-state index contributed by atoms with van der Waals surface area (Å²) in [5.41, 5.74) is 9.07. The van der Waals surface area contributed by atoms with Gasteiger partial charge in [0.25, 0.3) is 0 Å². The standard InChI is InChI=1S/C49H31N5OS/c1-4-13-30(14-5-1)33-19-12-20-34(27-33)48-52-46(32-17-8-3-9-18-32)53-49(54-48)35-24-26-41-39(28-35)37-25-23-36(29-42(37)56-41)47-50-43(31-15-6-2-7-16-31)45-44(51-47)38-21-10-11-22-40(38)55-45/h1-29,44-45H. The molecule has 0 spiro atoms. The van der Waals surface area contributed by atoms with Crippen LogP contribution in [-0.2, 0) is 0 Å². The van der Waals surface area contributed by atoms with Crippen molar-refractivity contribution in [2.24, 2.45) is 9.98 Å². The first-order valence-corrected chi connectivity index (χ1v) is 19.5. The number of fused-ring (bicyclic) bond motifs is 6. The van der Waals surface area contributed by atoms with Crippen LogP contribution in [-0.4, -0.2) is 32.6 Å². The van der Waals surface area contributed by atoms with Crippen LogP contribution in [0.3, 0.4) is 0 Å². The van der Waals surface area contributed by atoms with Gasteiger partial charge in [0.15, 0.2) is 29.4 Å². The van der Waals surface area contributed by atoms with E-state index < -0.39 is 0 Å². The number of aliphatic imine (C=N–C) groups is 2. The number of amidine groups is 1. The molecule has 7 aromatic carbocycles.